The van der Waals surface area contributed by atoms with Crippen LogP contribution < -0.4 is 10.6 Å². The molecule has 1 fully saturated rings. The molecule has 1 amide bonds. The van der Waals surface area contributed by atoms with Crippen molar-refractivity contribution in [3.8, 4) is 0 Å². The molecule has 1 aliphatic heterocycles. The molecule has 3 nitrogen and oxygen atoms in total. The summed E-state index contributed by atoms with van der Waals surface area (Å²) in [5.74, 6) is -0.352. The summed E-state index contributed by atoms with van der Waals surface area (Å²) < 4.78 is 12.9. The molecule has 1 aromatic carbocycles. The lowest BCUT2D eigenvalue weighted by Crippen LogP contribution is -2.50. The van der Waals surface area contributed by atoms with Gasteiger partial charge >= 0.3 is 0 Å². The van der Waals surface area contributed by atoms with Crippen molar-refractivity contribution in [2.24, 2.45) is 5.92 Å². The van der Waals surface area contributed by atoms with E-state index >= 15 is 0 Å². The number of carbonyl (C=O) groups is 1. The van der Waals surface area contributed by atoms with Gasteiger partial charge in [0.2, 0.25) is 5.91 Å². The average Bonchev–Trinajstić information content (AvgIpc) is 2.17. The SMILES string of the molecule is Cl.O=C(NCc1ccc(F)c(Cl)c1)C1CNC1. The first-order chi connectivity index (χ1) is 7.66. The first kappa shape index (κ1) is 14.2. The van der Waals surface area contributed by atoms with Gasteiger partial charge in [0.15, 0.2) is 0 Å². The number of carbonyl (C=O) groups excluding carboxylic acids is 1. The fourth-order valence-electron chi connectivity index (χ4n) is 1.46. The highest BCUT2D eigenvalue weighted by atomic mass is 35.5. The van der Waals surface area contributed by atoms with Crippen LogP contribution in [0, 0.1) is 11.7 Å². The second kappa shape index (κ2) is 6.19. The highest BCUT2D eigenvalue weighted by Crippen LogP contribution is 2.16. The number of benzene rings is 1. The quantitative estimate of drug-likeness (QED) is 0.884. The van der Waals surface area contributed by atoms with E-state index in [0.717, 1.165) is 18.7 Å². The van der Waals surface area contributed by atoms with Gasteiger partial charge in [-0.05, 0) is 17.7 Å². The van der Waals surface area contributed by atoms with Gasteiger partial charge in [-0.2, -0.15) is 0 Å². The Morgan fingerprint density at radius 3 is 2.76 bits per heavy atom. The van der Waals surface area contributed by atoms with E-state index in [-0.39, 0.29) is 29.3 Å². The van der Waals surface area contributed by atoms with Crippen molar-refractivity contribution in [2.75, 3.05) is 13.1 Å². The molecule has 0 atom stereocenters. The molecule has 1 aliphatic rings. The van der Waals surface area contributed by atoms with Crippen LogP contribution in [0.5, 0.6) is 0 Å². The smallest absolute Gasteiger partial charge is 0.225 e. The molecule has 94 valence electrons. The van der Waals surface area contributed by atoms with E-state index in [1.807, 2.05) is 0 Å². The molecule has 1 heterocycles. The van der Waals surface area contributed by atoms with E-state index in [9.17, 15) is 9.18 Å². The summed E-state index contributed by atoms with van der Waals surface area (Å²) in [4.78, 5) is 11.5. The van der Waals surface area contributed by atoms with E-state index in [4.69, 9.17) is 11.6 Å². The summed E-state index contributed by atoms with van der Waals surface area (Å²) >= 11 is 5.63. The lowest BCUT2D eigenvalue weighted by atomic mass is 10.0. The molecular formula is C11H13Cl2FN2O. The minimum atomic E-state index is -0.445. The Bertz CT molecular complexity index is 410. The summed E-state index contributed by atoms with van der Waals surface area (Å²) in [6, 6.07) is 4.44. The van der Waals surface area contributed by atoms with Gasteiger partial charge in [0, 0.05) is 19.6 Å². The molecule has 0 spiro atoms. The molecule has 0 aliphatic carbocycles. The molecule has 0 bridgehead atoms. The minimum Gasteiger partial charge on any atom is -0.352 e. The fourth-order valence-corrected chi connectivity index (χ4v) is 1.66. The fraction of sp³-hybridized carbons (Fsp3) is 0.364. The van der Waals surface area contributed by atoms with Crippen LogP contribution in [0.4, 0.5) is 4.39 Å². The van der Waals surface area contributed by atoms with Crippen molar-refractivity contribution in [1.82, 2.24) is 10.6 Å². The van der Waals surface area contributed by atoms with Crippen molar-refractivity contribution in [3.05, 3.63) is 34.6 Å². The molecule has 0 saturated carbocycles. The second-order valence-corrected chi connectivity index (χ2v) is 4.23. The number of hydrogen-bond acceptors (Lipinski definition) is 2. The lowest BCUT2D eigenvalue weighted by Gasteiger charge is -2.25. The zero-order valence-electron chi connectivity index (χ0n) is 9.00. The van der Waals surface area contributed by atoms with Crippen LogP contribution in [0.25, 0.3) is 0 Å². The van der Waals surface area contributed by atoms with Crippen LogP contribution >= 0.6 is 24.0 Å². The van der Waals surface area contributed by atoms with E-state index in [0.29, 0.717) is 6.54 Å². The van der Waals surface area contributed by atoms with Crippen LogP contribution in [0.15, 0.2) is 18.2 Å². The number of nitrogens with one attached hydrogen (secondary N) is 2. The van der Waals surface area contributed by atoms with Crippen molar-refractivity contribution in [1.29, 1.82) is 0 Å². The zero-order chi connectivity index (χ0) is 11.5. The highest BCUT2D eigenvalue weighted by molar-refractivity contribution is 6.30. The molecular weight excluding hydrogens is 266 g/mol. The first-order valence-electron chi connectivity index (χ1n) is 5.09. The van der Waals surface area contributed by atoms with Crippen molar-refractivity contribution >= 4 is 29.9 Å². The van der Waals surface area contributed by atoms with Gasteiger partial charge in [0.05, 0.1) is 10.9 Å². The number of rotatable bonds is 3. The van der Waals surface area contributed by atoms with E-state index in [1.54, 1.807) is 6.07 Å². The zero-order valence-corrected chi connectivity index (χ0v) is 10.6. The molecule has 0 unspecified atom stereocenters. The van der Waals surface area contributed by atoms with Gasteiger partial charge in [-0.15, -0.1) is 12.4 Å². The molecule has 2 rings (SSSR count). The third-order valence-corrected chi connectivity index (χ3v) is 2.89. The number of hydrogen-bond donors (Lipinski definition) is 2. The maximum absolute atomic E-state index is 12.9. The predicted octanol–water partition coefficient (Wildman–Crippen LogP) is 1.74. The Morgan fingerprint density at radius 1 is 1.53 bits per heavy atom. The molecule has 2 N–H and O–H groups in total. The monoisotopic (exact) mass is 278 g/mol. The molecule has 0 aromatic heterocycles. The van der Waals surface area contributed by atoms with Crippen LogP contribution in [0.2, 0.25) is 5.02 Å². The topological polar surface area (TPSA) is 41.1 Å². The minimum absolute atomic E-state index is 0. The average molecular weight is 279 g/mol. The normalized spacial score (nSPS) is 14.7. The molecule has 6 heteroatoms. The van der Waals surface area contributed by atoms with Gasteiger partial charge in [0.25, 0.3) is 0 Å². The Morgan fingerprint density at radius 2 is 2.24 bits per heavy atom. The highest BCUT2D eigenvalue weighted by Gasteiger charge is 2.24. The third kappa shape index (κ3) is 3.56. The van der Waals surface area contributed by atoms with E-state index < -0.39 is 5.82 Å². The van der Waals surface area contributed by atoms with Crippen LogP contribution in [0.3, 0.4) is 0 Å². The Kier molecular flexibility index (Phi) is 5.18. The van der Waals surface area contributed by atoms with Gasteiger partial charge in [-0.25, -0.2) is 4.39 Å². The van der Waals surface area contributed by atoms with Crippen LogP contribution in [-0.4, -0.2) is 19.0 Å². The van der Waals surface area contributed by atoms with Gasteiger partial charge in [-0.1, -0.05) is 17.7 Å². The Balaban J connectivity index is 0.00000144. The van der Waals surface area contributed by atoms with E-state index in [1.165, 1.54) is 12.1 Å². The van der Waals surface area contributed by atoms with Crippen LogP contribution in [-0.2, 0) is 11.3 Å². The first-order valence-corrected chi connectivity index (χ1v) is 5.47. The Labute approximate surface area is 110 Å². The van der Waals surface area contributed by atoms with Gasteiger partial charge in [-0.3, -0.25) is 4.79 Å². The Hall–Kier alpha value is -0.840. The summed E-state index contributed by atoms with van der Waals surface area (Å²) in [6.07, 6.45) is 0. The molecule has 1 aromatic rings. The summed E-state index contributed by atoms with van der Waals surface area (Å²) in [5.41, 5.74) is 0.798. The summed E-state index contributed by atoms with van der Waals surface area (Å²) in [6.45, 7) is 1.85. The van der Waals surface area contributed by atoms with Gasteiger partial charge in [0.1, 0.15) is 5.82 Å². The second-order valence-electron chi connectivity index (χ2n) is 3.82. The van der Waals surface area contributed by atoms with Crippen molar-refractivity contribution in [3.63, 3.8) is 0 Å². The van der Waals surface area contributed by atoms with Gasteiger partial charge < -0.3 is 10.6 Å². The van der Waals surface area contributed by atoms with Crippen LogP contribution in [0.1, 0.15) is 5.56 Å². The third-order valence-electron chi connectivity index (χ3n) is 2.60. The maximum atomic E-state index is 12.9. The maximum Gasteiger partial charge on any atom is 0.225 e. The van der Waals surface area contributed by atoms with E-state index in [2.05, 4.69) is 10.6 Å². The van der Waals surface area contributed by atoms with Crippen molar-refractivity contribution in [2.45, 2.75) is 6.54 Å². The standard InChI is InChI=1S/C11H12ClFN2O.ClH/c12-9-3-7(1-2-10(9)13)4-15-11(16)8-5-14-6-8;/h1-3,8,14H,4-6H2,(H,15,16);1H. The molecule has 17 heavy (non-hydrogen) atoms. The van der Waals surface area contributed by atoms with Crippen molar-refractivity contribution < 1.29 is 9.18 Å². The molecule has 1 saturated heterocycles. The lowest BCUT2D eigenvalue weighted by molar-refractivity contribution is -0.126. The summed E-state index contributed by atoms with van der Waals surface area (Å²) in [7, 11) is 0. The largest absolute Gasteiger partial charge is 0.352 e. The summed E-state index contributed by atoms with van der Waals surface area (Å²) in [5, 5.41) is 5.89. The number of halogens is 3. The predicted molar refractivity (Wildman–Crippen MR) is 66.9 cm³/mol. The molecule has 0 radical (unpaired) electrons. The number of amides is 1.